The maximum Gasteiger partial charge on any atom is 0.253 e. The van der Waals surface area contributed by atoms with Crippen molar-refractivity contribution in [1.82, 2.24) is 5.32 Å². The lowest BCUT2D eigenvalue weighted by atomic mass is 10.0. The normalized spacial score (nSPS) is 15.1. The number of nitrogens with one attached hydrogen (secondary N) is 2. The van der Waals surface area contributed by atoms with E-state index in [-0.39, 0.29) is 5.91 Å². The molecule has 1 aromatic carbocycles. The number of carbonyl (C=O) groups excluding carboxylic acids is 1. The van der Waals surface area contributed by atoms with Gasteiger partial charge in [-0.2, -0.15) is 0 Å². The molecule has 1 aromatic rings. The molecule has 0 spiro atoms. The lowest BCUT2D eigenvalue weighted by molar-refractivity contribution is 0.0953. The van der Waals surface area contributed by atoms with Gasteiger partial charge in [0.05, 0.1) is 5.56 Å². The molecule has 1 amide bonds. The summed E-state index contributed by atoms with van der Waals surface area (Å²) < 4.78 is 0. The molecule has 3 heteroatoms. The van der Waals surface area contributed by atoms with E-state index in [4.69, 9.17) is 0 Å². The minimum absolute atomic E-state index is 0.0422. The fraction of sp³-hybridized carbons (Fsp3) is 0.611. The van der Waals surface area contributed by atoms with Crippen LogP contribution in [0.25, 0.3) is 0 Å². The van der Waals surface area contributed by atoms with Crippen molar-refractivity contribution in [3.8, 4) is 0 Å². The smallest absolute Gasteiger partial charge is 0.253 e. The number of amides is 1. The van der Waals surface area contributed by atoms with Gasteiger partial charge in [0, 0.05) is 18.8 Å². The third-order valence-corrected chi connectivity index (χ3v) is 4.29. The van der Waals surface area contributed by atoms with Crippen LogP contribution < -0.4 is 10.6 Å². The van der Waals surface area contributed by atoms with E-state index in [0.717, 1.165) is 43.1 Å². The van der Waals surface area contributed by atoms with E-state index < -0.39 is 0 Å². The Morgan fingerprint density at radius 1 is 1.19 bits per heavy atom. The Labute approximate surface area is 128 Å². The van der Waals surface area contributed by atoms with E-state index >= 15 is 0 Å². The zero-order chi connectivity index (χ0) is 14.9. The Morgan fingerprint density at radius 3 is 2.71 bits per heavy atom. The van der Waals surface area contributed by atoms with Crippen LogP contribution in [0, 0.1) is 5.92 Å². The molecule has 2 rings (SSSR count). The maximum absolute atomic E-state index is 12.3. The second-order valence-corrected chi connectivity index (χ2v) is 6.02. The maximum atomic E-state index is 12.3. The van der Waals surface area contributed by atoms with Crippen LogP contribution in [-0.4, -0.2) is 19.0 Å². The first-order valence-electron chi connectivity index (χ1n) is 8.42. The standard InChI is InChI=1S/C18H28N2O/c1-2-13-19-17-12-6-5-11-16(17)18(21)20-14-7-10-15-8-3-4-9-15/h5-6,11-12,15,19H,2-4,7-10,13-14H2,1H3,(H,20,21). The fourth-order valence-corrected chi connectivity index (χ4v) is 3.08. The molecule has 0 unspecified atom stereocenters. The van der Waals surface area contributed by atoms with Gasteiger partial charge in [-0.05, 0) is 37.3 Å². The van der Waals surface area contributed by atoms with Crippen molar-refractivity contribution in [1.29, 1.82) is 0 Å². The van der Waals surface area contributed by atoms with Crippen LogP contribution in [0.15, 0.2) is 24.3 Å². The fourth-order valence-electron chi connectivity index (χ4n) is 3.08. The zero-order valence-electron chi connectivity index (χ0n) is 13.2. The first kappa shape index (κ1) is 15.9. The van der Waals surface area contributed by atoms with Crippen molar-refractivity contribution in [2.45, 2.75) is 51.9 Å². The summed E-state index contributed by atoms with van der Waals surface area (Å²) in [6.07, 6.45) is 8.98. The molecule has 0 bridgehead atoms. The summed E-state index contributed by atoms with van der Waals surface area (Å²) in [6, 6.07) is 7.76. The highest BCUT2D eigenvalue weighted by molar-refractivity contribution is 5.99. The summed E-state index contributed by atoms with van der Waals surface area (Å²) in [4.78, 5) is 12.3. The van der Waals surface area contributed by atoms with Gasteiger partial charge in [-0.25, -0.2) is 0 Å². The molecule has 0 saturated heterocycles. The summed E-state index contributed by atoms with van der Waals surface area (Å²) in [5, 5.41) is 6.38. The quantitative estimate of drug-likeness (QED) is 0.704. The molecular formula is C18H28N2O. The molecular weight excluding hydrogens is 260 g/mol. The molecule has 1 saturated carbocycles. The first-order chi connectivity index (χ1) is 10.3. The highest BCUT2D eigenvalue weighted by Gasteiger charge is 2.14. The van der Waals surface area contributed by atoms with Gasteiger partial charge in [-0.15, -0.1) is 0 Å². The molecule has 116 valence electrons. The molecule has 1 aliphatic carbocycles. The Hall–Kier alpha value is -1.51. The number of carbonyl (C=O) groups is 1. The van der Waals surface area contributed by atoms with Gasteiger partial charge >= 0.3 is 0 Å². The van der Waals surface area contributed by atoms with Crippen LogP contribution in [0.2, 0.25) is 0 Å². The SMILES string of the molecule is CCCNc1ccccc1C(=O)NCCCC1CCCC1. The molecule has 0 radical (unpaired) electrons. The van der Waals surface area contributed by atoms with E-state index in [2.05, 4.69) is 17.6 Å². The van der Waals surface area contributed by atoms with Crippen LogP contribution in [-0.2, 0) is 0 Å². The van der Waals surface area contributed by atoms with E-state index in [9.17, 15) is 4.79 Å². The number of rotatable bonds is 8. The predicted molar refractivity (Wildman–Crippen MR) is 88.7 cm³/mol. The minimum atomic E-state index is 0.0422. The van der Waals surface area contributed by atoms with Crippen LogP contribution in [0.3, 0.4) is 0 Å². The van der Waals surface area contributed by atoms with Gasteiger partial charge in [0.25, 0.3) is 5.91 Å². The van der Waals surface area contributed by atoms with Crippen LogP contribution in [0.4, 0.5) is 5.69 Å². The summed E-state index contributed by atoms with van der Waals surface area (Å²) in [5.74, 6) is 0.945. The number of para-hydroxylation sites is 1. The van der Waals surface area contributed by atoms with Gasteiger partial charge in [0.15, 0.2) is 0 Å². The third-order valence-electron chi connectivity index (χ3n) is 4.29. The van der Waals surface area contributed by atoms with Crippen molar-refractivity contribution in [2.75, 3.05) is 18.4 Å². The predicted octanol–water partition coefficient (Wildman–Crippen LogP) is 4.21. The minimum Gasteiger partial charge on any atom is -0.384 e. The molecule has 0 aromatic heterocycles. The second-order valence-electron chi connectivity index (χ2n) is 6.02. The van der Waals surface area contributed by atoms with Crippen LogP contribution in [0.5, 0.6) is 0 Å². The third kappa shape index (κ3) is 5.07. The van der Waals surface area contributed by atoms with Crippen molar-refractivity contribution in [3.05, 3.63) is 29.8 Å². The van der Waals surface area contributed by atoms with Gasteiger partial charge in [0.1, 0.15) is 0 Å². The van der Waals surface area contributed by atoms with Gasteiger partial charge in [0.2, 0.25) is 0 Å². The highest BCUT2D eigenvalue weighted by Crippen LogP contribution is 2.28. The zero-order valence-corrected chi connectivity index (χ0v) is 13.2. The number of anilines is 1. The number of hydrogen-bond donors (Lipinski definition) is 2. The van der Waals surface area contributed by atoms with Crippen LogP contribution in [0.1, 0.15) is 62.2 Å². The van der Waals surface area contributed by atoms with E-state index in [1.165, 1.54) is 32.1 Å². The summed E-state index contributed by atoms with van der Waals surface area (Å²) >= 11 is 0. The molecule has 0 aliphatic heterocycles. The molecule has 1 fully saturated rings. The monoisotopic (exact) mass is 288 g/mol. The second kappa shape index (κ2) is 8.71. The molecule has 2 N–H and O–H groups in total. The van der Waals surface area contributed by atoms with Gasteiger partial charge in [-0.3, -0.25) is 4.79 Å². The summed E-state index contributed by atoms with van der Waals surface area (Å²) in [5.41, 5.74) is 1.69. The lowest BCUT2D eigenvalue weighted by Gasteiger charge is -2.12. The van der Waals surface area contributed by atoms with Crippen molar-refractivity contribution in [3.63, 3.8) is 0 Å². The van der Waals surface area contributed by atoms with Gasteiger partial charge in [-0.1, -0.05) is 44.7 Å². The Balaban J connectivity index is 1.76. The summed E-state index contributed by atoms with van der Waals surface area (Å²) in [6.45, 7) is 3.81. The molecule has 21 heavy (non-hydrogen) atoms. The Bertz CT molecular complexity index is 439. The van der Waals surface area contributed by atoms with Crippen molar-refractivity contribution >= 4 is 11.6 Å². The van der Waals surface area contributed by atoms with Crippen molar-refractivity contribution < 1.29 is 4.79 Å². The average molecular weight is 288 g/mol. The highest BCUT2D eigenvalue weighted by atomic mass is 16.1. The van der Waals surface area contributed by atoms with E-state index in [1.54, 1.807) is 0 Å². The molecule has 1 aliphatic rings. The number of benzene rings is 1. The van der Waals surface area contributed by atoms with E-state index in [1.807, 2.05) is 24.3 Å². The summed E-state index contributed by atoms with van der Waals surface area (Å²) in [7, 11) is 0. The number of hydrogen-bond acceptors (Lipinski definition) is 2. The van der Waals surface area contributed by atoms with Crippen LogP contribution >= 0.6 is 0 Å². The molecule has 0 heterocycles. The molecule has 0 atom stereocenters. The first-order valence-corrected chi connectivity index (χ1v) is 8.42. The Kier molecular flexibility index (Phi) is 6.58. The lowest BCUT2D eigenvalue weighted by Crippen LogP contribution is -2.25. The molecule has 3 nitrogen and oxygen atoms in total. The average Bonchev–Trinajstić information content (AvgIpc) is 3.03. The van der Waals surface area contributed by atoms with E-state index in [0.29, 0.717) is 0 Å². The van der Waals surface area contributed by atoms with Gasteiger partial charge < -0.3 is 10.6 Å². The topological polar surface area (TPSA) is 41.1 Å². The largest absolute Gasteiger partial charge is 0.384 e. The van der Waals surface area contributed by atoms with Crippen molar-refractivity contribution in [2.24, 2.45) is 5.92 Å². The Morgan fingerprint density at radius 2 is 1.95 bits per heavy atom.